The molecular weight excluding hydrogens is 349 g/mol. The van der Waals surface area contributed by atoms with E-state index in [0.717, 1.165) is 16.4 Å². The lowest BCUT2D eigenvalue weighted by Gasteiger charge is -2.37. The smallest absolute Gasteiger partial charge is 0.421 e. The topological polar surface area (TPSA) is 77.3 Å². The summed E-state index contributed by atoms with van der Waals surface area (Å²) in [6.45, 7) is -0.125. The largest absolute Gasteiger partial charge is 0.471 e. The van der Waals surface area contributed by atoms with E-state index < -0.39 is 33.7 Å². The van der Waals surface area contributed by atoms with Crippen molar-refractivity contribution in [1.29, 1.82) is 0 Å². The van der Waals surface area contributed by atoms with Crippen molar-refractivity contribution in [2.45, 2.75) is 17.3 Å². The molecule has 0 saturated carbocycles. The molecular formula is C13H13F3N4O3S. The van der Waals surface area contributed by atoms with E-state index in [1.54, 1.807) is 7.05 Å². The standard InChI is InChI=1S/C13H13F3N4O3S/c1-19-7-11(18-8-19)24(21,22)20-5-9(6-20)23-12-10(13(14,15)16)3-2-4-17-12/h2-4,7-9H,5-6H2,1H3. The molecule has 24 heavy (non-hydrogen) atoms. The molecule has 0 unspecified atom stereocenters. The number of aromatic nitrogens is 3. The molecule has 1 fully saturated rings. The summed E-state index contributed by atoms with van der Waals surface area (Å²) in [4.78, 5) is 7.37. The van der Waals surface area contributed by atoms with Crippen LogP contribution < -0.4 is 4.74 Å². The Kier molecular flexibility index (Phi) is 4.00. The Bertz CT molecular complexity index is 844. The minimum atomic E-state index is -4.59. The van der Waals surface area contributed by atoms with Gasteiger partial charge in [0.2, 0.25) is 5.88 Å². The van der Waals surface area contributed by atoms with Gasteiger partial charge in [-0.05, 0) is 12.1 Å². The highest BCUT2D eigenvalue weighted by Crippen LogP contribution is 2.35. The van der Waals surface area contributed by atoms with Crippen LogP contribution in [0.15, 0.2) is 35.9 Å². The van der Waals surface area contributed by atoms with Gasteiger partial charge in [-0.1, -0.05) is 0 Å². The first-order valence-electron chi connectivity index (χ1n) is 6.85. The molecule has 2 aromatic heterocycles. The molecule has 0 radical (unpaired) electrons. The number of pyridine rings is 1. The summed E-state index contributed by atoms with van der Waals surface area (Å²) in [5, 5.41) is -0.114. The Morgan fingerprint density at radius 1 is 1.29 bits per heavy atom. The highest BCUT2D eigenvalue weighted by molar-refractivity contribution is 7.89. The number of imidazole rings is 1. The number of rotatable bonds is 4. The van der Waals surface area contributed by atoms with Gasteiger partial charge < -0.3 is 9.30 Å². The van der Waals surface area contributed by atoms with E-state index in [9.17, 15) is 21.6 Å². The summed E-state index contributed by atoms with van der Waals surface area (Å²) in [5.74, 6) is -0.551. The molecule has 0 aromatic carbocycles. The van der Waals surface area contributed by atoms with Gasteiger partial charge in [-0.3, -0.25) is 0 Å². The van der Waals surface area contributed by atoms with E-state index in [-0.39, 0.29) is 18.1 Å². The van der Waals surface area contributed by atoms with Gasteiger partial charge in [-0.15, -0.1) is 0 Å². The summed E-state index contributed by atoms with van der Waals surface area (Å²) >= 11 is 0. The molecule has 1 saturated heterocycles. The van der Waals surface area contributed by atoms with Crippen molar-refractivity contribution in [2.75, 3.05) is 13.1 Å². The highest BCUT2D eigenvalue weighted by atomic mass is 32.2. The average Bonchev–Trinajstić information content (AvgIpc) is 2.89. The van der Waals surface area contributed by atoms with Crippen LogP contribution in [0.4, 0.5) is 13.2 Å². The lowest BCUT2D eigenvalue weighted by atomic mass is 10.2. The summed E-state index contributed by atoms with van der Waals surface area (Å²) < 4.78 is 70.9. The fourth-order valence-electron chi connectivity index (χ4n) is 2.18. The van der Waals surface area contributed by atoms with Crippen LogP contribution >= 0.6 is 0 Å². The predicted octanol–water partition coefficient (Wildman–Crippen LogP) is 1.29. The first-order valence-corrected chi connectivity index (χ1v) is 8.29. The van der Waals surface area contributed by atoms with Crippen LogP contribution in [0.3, 0.4) is 0 Å². The number of aryl methyl sites for hydroxylation is 1. The van der Waals surface area contributed by atoms with Gasteiger partial charge in [0.15, 0.2) is 5.03 Å². The van der Waals surface area contributed by atoms with Crippen molar-refractivity contribution in [2.24, 2.45) is 7.05 Å². The molecule has 0 N–H and O–H groups in total. The van der Waals surface area contributed by atoms with Crippen LogP contribution in [-0.2, 0) is 23.2 Å². The number of alkyl halides is 3. The van der Waals surface area contributed by atoms with Crippen LogP contribution in [0.1, 0.15) is 5.56 Å². The molecule has 0 aliphatic carbocycles. The number of sulfonamides is 1. The molecule has 1 aliphatic rings. The normalized spacial score (nSPS) is 16.8. The Labute approximate surface area is 135 Å². The quantitative estimate of drug-likeness (QED) is 0.819. The van der Waals surface area contributed by atoms with E-state index in [1.165, 1.54) is 23.3 Å². The summed E-state index contributed by atoms with van der Waals surface area (Å²) in [6.07, 6.45) is -1.40. The lowest BCUT2D eigenvalue weighted by molar-refractivity contribution is -0.140. The molecule has 0 amide bonds. The van der Waals surface area contributed by atoms with Crippen molar-refractivity contribution in [3.8, 4) is 5.88 Å². The maximum absolute atomic E-state index is 12.9. The van der Waals surface area contributed by atoms with Gasteiger partial charge in [0.25, 0.3) is 10.0 Å². The van der Waals surface area contributed by atoms with Crippen LogP contribution in [0.2, 0.25) is 0 Å². The van der Waals surface area contributed by atoms with Crippen LogP contribution in [0, 0.1) is 0 Å². The van der Waals surface area contributed by atoms with Crippen molar-refractivity contribution in [1.82, 2.24) is 18.8 Å². The van der Waals surface area contributed by atoms with Crippen LogP contribution in [-0.4, -0.2) is 46.5 Å². The molecule has 11 heteroatoms. The second kappa shape index (κ2) is 5.74. The zero-order valence-electron chi connectivity index (χ0n) is 12.4. The lowest BCUT2D eigenvalue weighted by Crippen LogP contribution is -2.56. The van der Waals surface area contributed by atoms with E-state index in [2.05, 4.69) is 9.97 Å². The van der Waals surface area contributed by atoms with Gasteiger partial charge >= 0.3 is 6.18 Å². The zero-order valence-corrected chi connectivity index (χ0v) is 13.3. The second-order valence-electron chi connectivity index (χ2n) is 5.29. The van der Waals surface area contributed by atoms with Crippen molar-refractivity contribution < 1.29 is 26.3 Å². The Hall–Kier alpha value is -2.14. The zero-order chi connectivity index (χ0) is 17.5. The van der Waals surface area contributed by atoms with Crippen LogP contribution in [0.5, 0.6) is 5.88 Å². The number of halogens is 3. The predicted molar refractivity (Wildman–Crippen MR) is 75.6 cm³/mol. The SMILES string of the molecule is Cn1cnc(S(=O)(=O)N2CC(Oc3ncccc3C(F)(F)F)C2)c1. The van der Waals surface area contributed by atoms with E-state index >= 15 is 0 Å². The fraction of sp³-hybridized carbons (Fsp3) is 0.385. The summed E-state index contributed by atoms with van der Waals surface area (Å²) in [6, 6.07) is 2.03. The third kappa shape index (κ3) is 3.08. The molecule has 7 nitrogen and oxygen atoms in total. The van der Waals surface area contributed by atoms with E-state index in [1.807, 2.05) is 0 Å². The number of nitrogens with zero attached hydrogens (tertiary/aromatic N) is 4. The van der Waals surface area contributed by atoms with E-state index in [0.29, 0.717) is 0 Å². The Morgan fingerprint density at radius 2 is 2.00 bits per heavy atom. The molecule has 2 aromatic rings. The van der Waals surface area contributed by atoms with Crippen molar-refractivity contribution >= 4 is 10.0 Å². The Morgan fingerprint density at radius 3 is 2.58 bits per heavy atom. The first kappa shape index (κ1) is 16.7. The van der Waals surface area contributed by atoms with Crippen LogP contribution in [0.25, 0.3) is 0 Å². The van der Waals surface area contributed by atoms with Crippen molar-refractivity contribution in [3.05, 3.63) is 36.4 Å². The minimum absolute atomic E-state index is 0.0627. The molecule has 3 heterocycles. The number of hydrogen-bond donors (Lipinski definition) is 0. The maximum atomic E-state index is 12.9. The van der Waals surface area contributed by atoms with Gasteiger partial charge in [0.05, 0.1) is 19.4 Å². The van der Waals surface area contributed by atoms with Gasteiger partial charge in [0.1, 0.15) is 11.7 Å². The summed E-state index contributed by atoms with van der Waals surface area (Å²) in [7, 11) is -2.13. The first-order chi connectivity index (χ1) is 11.2. The number of hydrogen-bond acceptors (Lipinski definition) is 5. The fourth-order valence-corrected chi connectivity index (χ4v) is 3.65. The van der Waals surface area contributed by atoms with Gasteiger partial charge in [-0.2, -0.15) is 17.5 Å². The average molecular weight is 362 g/mol. The second-order valence-corrected chi connectivity index (χ2v) is 7.18. The molecule has 1 aliphatic heterocycles. The highest BCUT2D eigenvalue weighted by Gasteiger charge is 2.41. The molecule has 0 bridgehead atoms. The molecule has 0 atom stereocenters. The van der Waals surface area contributed by atoms with Gasteiger partial charge in [0, 0.05) is 19.4 Å². The molecule has 3 rings (SSSR count). The minimum Gasteiger partial charge on any atom is -0.471 e. The Balaban J connectivity index is 1.68. The third-order valence-electron chi connectivity index (χ3n) is 3.45. The van der Waals surface area contributed by atoms with E-state index in [4.69, 9.17) is 4.74 Å². The van der Waals surface area contributed by atoms with Crippen molar-refractivity contribution in [3.63, 3.8) is 0 Å². The third-order valence-corrected chi connectivity index (χ3v) is 5.17. The monoisotopic (exact) mass is 362 g/mol. The molecule has 0 spiro atoms. The van der Waals surface area contributed by atoms with Gasteiger partial charge in [-0.25, -0.2) is 18.4 Å². The molecule has 130 valence electrons. The number of ether oxygens (including phenoxy) is 1. The maximum Gasteiger partial charge on any atom is 0.421 e. The summed E-state index contributed by atoms with van der Waals surface area (Å²) in [5.41, 5.74) is -0.990.